The fourth-order valence-electron chi connectivity index (χ4n) is 3.51. The molecule has 0 aliphatic heterocycles. The Morgan fingerprint density at radius 2 is 2.21 bits per heavy atom. The lowest BCUT2D eigenvalue weighted by Gasteiger charge is -2.33. The second-order valence-corrected chi connectivity index (χ2v) is 6.71. The van der Waals surface area contributed by atoms with Gasteiger partial charge in [0.2, 0.25) is 6.61 Å². The number of fused-ring (bicyclic) bond motifs is 1. The number of carboxylic acids is 1. The minimum absolute atomic E-state index is 0.120. The van der Waals surface area contributed by atoms with Crippen LogP contribution in [0.2, 0.25) is 0 Å². The first-order valence-electron chi connectivity index (χ1n) is 8.80. The lowest BCUT2D eigenvalue weighted by Crippen LogP contribution is -2.36. The van der Waals surface area contributed by atoms with Gasteiger partial charge in [0.25, 0.3) is 0 Å². The number of hydrogen-bond acceptors (Lipinski definition) is 5. The van der Waals surface area contributed by atoms with Gasteiger partial charge in [0, 0.05) is 5.92 Å². The number of aliphatic hydroxyl groups is 2. The van der Waals surface area contributed by atoms with Crippen LogP contribution in [0.1, 0.15) is 51.9 Å². The Morgan fingerprint density at radius 3 is 2.92 bits per heavy atom. The van der Waals surface area contributed by atoms with E-state index in [1.165, 1.54) is 12.8 Å². The SMILES string of the molecule is CCCCCCC(O)C#CC1C(O)CC2/C(=N\OCC(=O)O)CC21. The molecule has 2 aliphatic rings. The highest BCUT2D eigenvalue weighted by molar-refractivity contribution is 5.93. The van der Waals surface area contributed by atoms with E-state index >= 15 is 0 Å². The van der Waals surface area contributed by atoms with Crippen molar-refractivity contribution in [1.29, 1.82) is 0 Å². The zero-order valence-electron chi connectivity index (χ0n) is 14.1. The van der Waals surface area contributed by atoms with Gasteiger partial charge in [-0.2, -0.15) is 0 Å². The number of carboxylic acid groups (broad SMARTS) is 1. The van der Waals surface area contributed by atoms with E-state index in [1.54, 1.807) is 0 Å². The number of nitrogens with zero attached hydrogens (tertiary/aromatic N) is 1. The van der Waals surface area contributed by atoms with Gasteiger partial charge >= 0.3 is 5.97 Å². The summed E-state index contributed by atoms with van der Waals surface area (Å²) in [5.41, 5.74) is 0.810. The number of aliphatic carboxylic acids is 1. The van der Waals surface area contributed by atoms with Crippen LogP contribution in [0, 0.1) is 29.6 Å². The Hall–Kier alpha value is -1.58. The molecule has 2 aliphatic carbocycles. The predicted molar refractivity (Wildman–Crippen MR) is 89.3 cm³/mol. The maximum absolute atomic E-state index is 10.4. The van der Waals surface area contributed by atoms with E-state index in [9.17, 15) is 15.0 Å². The van der Waals surface area contributed by atoms with Crippen LogP contribution in [0.3, 0.4) is 0 Å². The predicted octanol–water partition coefficient (Wildman–Crippen LogP) is 1.80. The molecule has 0 amide bonds. The van der Waals surface area contributed by atoms with Gasteiger partial charge in [-0.1, -0.05) is 43.2 Å². The molecule has 3 N–H and O–H groups in total. The summed E-state index contributed by atoms with van der Waals surface area (Å²) in [7, 11) is 0. The first-order valence-corrected chi connectivity index (χ1v) is 8.80. The molecule has 5 unspecified atom stereocenters. The Morgan fingerprint density at radius 1 is 1.42 bits per heavy atom. The normalized spacial score (nSPS) is 30.9. The van der Waals surface area contributed by atoms with Crippen LogP contribution in [0.5, 0.6) is 0 Å². The van der Waals surface area contributed by atoms with Crippen molar-refractivity contribution < 1.29 is 25.0 Å². The largest absolute Gasteiger partial charge is 0.479 e. The second-order valence-electron chi connectivity index (χ2n) is 6.71. The molecule has 6 heteroatoms. The van der Waals surface area contributed by atoms with Crippen LogP contribution in [0.25, 0.3) is 0 Å². The third-order valence-corrected chi connectivity index (χ3v) is 4.88. The minimum Gasteiger partial charge on any atom is -0.479 e. The van der Waals surface area contributed by atoms with Crippen molar-refractivity contribution >= 4 is 11.7 Å². The Kier molecular flexibility index (Phi) is 7.07. The third-order valence-electron chi connectivity index (χ3n) is 4.88. The first kappa shape index (κ1) is 18.8. The van der Waals surface area contributed by atoms with Crippen molar-refractivity contribution in [2.24, 2.45) is 22.9 Å². The molecule has 0 radical (unpaired) electrons. The molecule has 5 atom stereocenters. The van der Waals surface area contributed by atoms with Crippen LogP contribution in [0.4, 0.5) is 0 Å². The molecule has 134 valence electrons. The topological polar surface area (TPSA) is 99.4 Å². The molecule has 0 saturated heterocycles. The Balaban J connectivity index is 1.80. The highest BCUT2D eigenvalue weighted by atomic mass is 16.6. The summed E-state index contributed by atoms with van der Waals surface area (Å²) in [5.74, 6) is 5.10. The summed E-state index contributed by atoms with van der Waals surface area (Å²) >= 11 is 0. The van der Waals surface area contributed by atoms with Gasteiger partial charge in [-0.25, -0.2) is 4.79 Å². The monoisotopic (exact) mass is 337 g/mol. The van der Waals surface area contributed by atoms with Crippen molar-refractivity contribution in [3.05, 3.63) is 0 Å². The molecule has 0 aromatic heterocycles. The molecule has 0 heterocycles. The minimum atomic E-state index is -1.06. The highest BCUT2D eigenvalue weighted by Crippen LogP contribution is 2.48. The van der Waals surface area contributed by atoms with Gasteiger partial charge in [-0.3, -0.25) is 0 Å². The average Bonchev–Trinajstić information content (AvgIpc) is 2.77. The van der Waals surface area contributed by atoms with Gasteiger partial charge in [0.15, 0.2) is 0 Å². The van der Waals surface area contributed by atoms with Gasteiger partial charge in [0.05, 0.1) is 17.7 Å². The fourth-order valence-corrected chi connectivity index (χ4v) is 3.51. The van der Waals surface area contributed by atoms with Crippen molar-refractivity contribution in [2.75, 3.05) is 6.61 Å². The summed E-state index contributed by atoms with van der Waals surface area (Å²) in [6, 6.07) is 0. The number of unbranched alkanes of at least 4 members (excludes halogenated alkanes) is 3. The summed E-state index contributed by atoms with van der Waals surface area (Å²) in [6.07, 6.45) is 5.21. The summed E-state index contributed by atoms with van der Waals surface area (Å²) in [6.45, 7) is 1.70. The molecule has 2 rings (SSSR count). The maximum atomic E-state index is 10.4. The maximum Gasteiger partial charge on any atom is 0.344 e. The number of rotatable bonds is 8. The second kappa shape index (κ2) is 9.05. The van der Waals surface area contributed by atoms with Crippen molar-refractivity contribution in [2.45, 2.75) is 64.1 Å². The van der Waals surface area contributed by atoms with Crippen molar-refractivity contribution in [3.8, 4) is 11.8 Å². The molecule has 0 aromatic rings. The molecular weight excluding hydrogens is 310 g/mol. The Labute approximate surface area is 142 Å². The van der Waals surface area contributed by atoms with Gasteiger partial charge in [0.1, 0.15) is 6.10 Å². The lowest BCUT2D eigenvalue weighted by atomic mass is 9.71. The summed E-state index contributed by atoms with van der Waals surface area (Å²) < 4.78 is 0. The van der Waals surface area contributed by atoms with Gasteiger partial charge in [-0.15, -0.1) is 0 Å². The van der Waals surface area contributed by atoms with E-state index in [0.29, 0.717) is 19.3 Å². The average molecular weight is 337 g/mol. The van der Waals surface area contributed by atoms with Crippen LogP contribution in [-0.2, 0) is 9.63 Å². The molecule has 2 fully saturated rings. The summed E-state index contributed by atoms with van der Waals surface area (Å²) in [5, 5.41) is 32.5. The zero-order valence-corrected chi connectivity index (χ0v) is 14.1. The van der Waals surface area contributed by atoms with Crippen molar-refractivity contribution in [1.82, 2.24) is 0 Å². The number of hydrogen-bond donors (Lipinski definition) is 3. The van der Waals surface area contributed by atoms with E-state index in [2.05, 4.69) is 23.9 Å². The molecular formula is C18H27NO5. The number of oxime groups is 1. The van der Waals surface area contributed by atoms with Crippen LogP contribution < -0.4 is 0 Å². The van der Waals surface area contributed by atoms with E-state index in [1.807, 2.05) is 0 Å². The molecule has 24 heavy (non-hydrogen) atoms. The van der Waals surface area contributed by atoms with Crippen LogP contribution in [-0.4, -0.2) is 45.8 Å². The van der Waals surface area contributed by atoms with Gasteiger partial charge in [-0.05, 0) is 31.6 Å². The van der Waals surface area contributed by atoms with E-state index in [4.69, 9.17) is 9.94 Å². The fraction of sp³-hybridized carbons (Fsp3) is 0.778. The number of aliphatic hydroxyl groups excluding tert-OH is 2. The highest BCUT2D eigenvalue weighted by Gasteiger charge is 2.51. The van der Waals surface area contributed by atoms with Crippen LogP contribution in [0.15, 0.2) is 5.16 Å². The molecule has 0 spiro atoms. The van der Waals surface area contributed by atoms with Crippen LogP contribution >= 0.6 is 0 Å². The number of carbonyl (C=O) groups is 1. The molecule has 6 nitrogen and oxygen atoms in total. The first-order chi connectivity index (χ1) is 11.5. The van der Waals surface area contributed by atoms with E-state index in [-0.39, 0.29) is 17.8 Å². The molecule has 2 saturated carbocycles. The van der Waals surface area contributed by atoms with Gasteiger partial charge < -0.3 is 20.2 Å². The Bertz CT molecular complexity index is 521. The third kappa shape index (κ3) is 4.96. The van der Waals surface area contributed by atoms with E-state index in [0.717, 1.165) is 18.6 Å². The smallest absolute Gasteiger partial charge is 0.344 e. The standard InChI is InChI=1S/C18H27NO5/c1-2-3-4-5-6-12(20)7-8-13-14-9-16(15(14)10-17(13)21)19-24-11-18(22)23/h12-15,17,20-21H,2-6,9-11H2,1H3,(H,22,23)/b19-16-. The van der Waals surface area contributed by atoms with Crippen molar-refractivity contribution in [3.63, 3.8) is 0 Å². The summed E-state index contributed by atoms with van der Waals surface area (Å²) in [4.78, 5) is 15.2. The molecule has 0 aromatic carbocycles. The molecule has 0 bridgehead atoms. The lowest BCUT2D eigenvalue weighted by molar-refractivity contribution is -0.142. The zero-order chi connectivity index (χ0) is 17.5. The van der Waals surface area contributed by atoms with E-state index < -0.39 is 24.8 Å². The quantitative estimate of drug-likeness (QED) is 0.356.